The third kappa shape index (κ3) is 15.0. The summed E-state index contributed by atoms with van der Waals surface area (Å²) in [6.07, 6.45) is 12.2. The summed E-state index contributed by atoms with van der Waals surface area (Å²) < 4.78 is 15.5. The van der Waals surface area contributed by atoms with E-state index in [9.17, 15) is 19.2 Å². The molecule has 1 heterocycles. The van der Waals surface area contributed by atoms with Gasteiger partial charge in [-0.2, -0.15) is 0 Å². The normalized spacial score (nSPS) is 19.2. The molecule has 10 nitrogen and oxygen atoms in total. The number of carbonyl (C=O) groups is 4. The Bertz CT molecular complexity index is 1130. The number of nitrogens with two attached hydrogens (primary N) is 1. The van der Waals surface area contributed by atoms with Gasteiger partial charge < -0.3 is 30.6 Å². The van der Waals surface area contributed by atoms with Gasteiger partial charge in [0.05, 0.1) is 7.11 Å². The molecule has 0 fully saturated rings. The Morgan fingerprint density at radius 2 is 1.88 bits per heavy atom. The monoisotopic (exact) mass is 621 g/mol. The lowest BCUT2D eigenvalue weighted by Crippen LogP contribution is -2.52. The lowest BCUT2D eigenvalue weighted by Gasteiger charge is -2.30. The second kappa shape index (κ2) is 18.2. The first-order valence-electron chi connectivity index (χ1n) is 14.4. The Labute approximate surface area is 260 Å². The molecule has 43 heavy (non-hydrogen) atoms. The Morgan fingerprint density at radius 3 is 2.44 bits per heavy atom. The molecule has 0 aromatic carbocycles. The number of nitrogens with one attached hydrogen (secondary N) is 2. The van der Waals surface area contributed by atoms with Gasteiger partial charge in [-0.15, -0.1) is 0 Å². The molecule has 0 saturated heterocycles. The predicted octanol–water partition coefficient (Wildman–Crippen LogP) is 5.54. The van der Waals surface area contributed by atoms with Gasteiger partial charge in [-0.25, -0.2) is 9.59 Å². The second-order valence-electron chi connectivity index (χ2n) is 11.9. The van der Waals surface area contributed by atoms with Crippen molar-refractivity contribution >= 4 is 35.5 Å². The van der Waals surface area contributed by atoms with Crippen LogP contribution < -0.4 is 16.4 Å². The molecular formula is C32H48ClN3O7. The van der Waals surface area contributed by atoms with Crippen molar-refractivity contribution in [3.63, 3.8) is 0 Å². The molecule has 0 aliphatic carbocycles. The standard InChI is InChI=1S/C32H48ClN3O7/c1-20(18-22(3)25-15-16-26(41-8)30(39)43-25)11-12-21(2)19-27(37)36-28(32(5,6)7)29(38)35-17-9-10-24(42-31(34)40)14-13-23(4)33/h9,11-13,16-18,21-22,24-25,28H,10,14-15,19H2,1-8H3,(H2,34,40)(H,35,38)(H,36,37)/b12-11+,17-9-,20-18+,23-13+. The van der Waals surface area contributed by atoms with Gasteiger partial charge in [0.25, 0.3) is 0 Å². The van der Waals surface area contributed by atoms with E-state index in [0.717, 1.165) is 5.57 Å². The smallest absolute Gasteiger partial charge is 0.404 e. The van der Waals surface area contributed by atoms with Crippen molar-refractivity contribution in [1.29, 1.82) is 0 Å². The SMILES string of the molecule is COC1=CCC(C(C)/C=C(C)/C=C/C(C)CC(=O)NC(C(=O)N/C=C\CC(C/C=C(\C)Cl)OC(N)=O)C(C)(C)C)OC1=O. The van der Waals surface area contributed by atoms with Crippen LogP contribution >= 0.6 is 11.6 Å². The average Bonchev–Trinajstić information content (AvgIpc) is 2.90. The number of halogens is 1. The van der Waals surface area contributed by atoms with Crippen LogP contribution in [0.15, 0.2) is 59.0 Å². The summed E-state index contributed by atoms with van der Waals surface area (Å²) in [5, 5.41) is 6.13. The topological polar surface area (TPSA) is 146 Å². The number of primary amides is 1. The molecule has 4 N–H and O–H groups in total. The molecule has 0 spiro atoms. The number of cyclic esters (lactones) is 1. The highest BCUT2D eigenvalue weighted by atomic mass is 35.5. The average molecular weight is 622 g/mol. The van der Waals surface area contributed by atoms with Crippen LogP contribution in [-0.2, 0) is 28.6 Å². The van der Waals surface area contributed by atoms with Crippen LogP contribution in [0.4, 0.5) is 4.79 Å². The van der Waals surface area contributed by atoms with Crippen molar-refractivity contribution in [2.24, 2.45) is 23.0 Å². The molecule has 0 aromatic rings. The molecule has 1 aliphatic heterocycles. The van der Waals surface area contributed by atoms with Crippen LogP contribution in [0.25, 0.3) is 0 Å². The Morgan fingerprint density at radius 1 is 1.21 bits per heavy atom. The zero-order chi connectivity index (χ0) is 32.7. The third-order valence-corrected chi connectivity index (χ3v) is 6.80. The van der Waals surface area contributed by atoms with E-state index >= 15 is 0 Å². The van der Waals surface area contributed by atoms with Gasteiger partial charge in [0.15, 0.2) is 5.76 Å². The van der Waals surface area contributed by atoms with Gasteiger partial charge in [0.2, 0.25) is 11.8 Å². The molecule has 5 atom stereocenters. The molecule has 5 unspecified atom stereocenters. The van der Waals surface area contributed by atoms with Gasteiger partial charge in [-0.05, 0) is 37.5 Å². The maximum atomic E-state index is 13.0. The van der Waals surface area contributed by atoms with Crippen molar-refractivity contribution in [2.75, 3.05) is 7.11 Å². The minimum atomic E-state index is -0.894. The summed E-state index contributed by atoms with van der Waals surface area (Å²) in [5.74, 6) is -0.942. The molecule has 240 valence electrons. The lowest BCUT2D eigenvalue weighted by atomic mass is 9.86. The number of rotatable bonds is 15. The van der Waals surface area contributed by atoms with Gasteiger partial charge in [-0.3, -0.25) is 9.59 Å². The number of allylic oxidation sites excluding steroid dienone is 4. The highest BCUT2D eigenvalue weighted by Gasteiger charge is 2.32. The van der Waals surface area contributed by atoms with E-state index in [1.54, 1.807) is 25.2 Å². The highest BCUT2D eigenvalue weighted by molar-refractivity contribution is 6.29. The number of esters is 1. The Balaban J connectivity index is 2.70. The predicted molar refractivity (Wildman–Crippen MR) is 167 cm³/mol. The second-order valence-corrected chi connectivity index (χ2v) is 12.5. The maximum absolute atomic E-state index is 13.0. The molecule has 0 radical (unpaired) electrons. The summed E-state index contributed by atoms with van der Waals surface area (Å²) in [7, 11) is 1.44. The molecule has 11 heteroatoms. The highest BCUT2D eigenvalue weighted by Crippen LogP contribution is 2.23. The van der Waals surface area contributed by atoms with E-state index in [2.05, 4.69) is 10.6 Å². The van der Waals surface area contributed by atoms with E-state index in [1.807, 2.05) is 59.8 Å². The largest absolute Gasteiger partial charge is 0.490 e. The quantitative estimate of drug-likeness (QED) is 0.161. The summed E-state index contributed by atoms with van der Waals surface area (Å²) in [4.78, 5) is 49.0. The van der Waals surface area contributed by atoms with E-state index in [0.29, 0.717) is 24.3 Å². The summed E-state index contributed by atoms with van der Waals surface area (Å²) in [6.45, 7) is 13.2. The number of amides is 3. The van der Waals surface area contributed by atoms with Crippen LogP contribution in [0.2, 0.25) is 0 Å². The fraction of sp³-hybridized carbons (Fsp3) is 0.562. The first-order valence-corrected chi connectivity index (χ1v) is 14.8. The van der Waals surface area contributed by atoms with E-state index in [4.69, 9.17) is 31.5 Å². The van der Waals surface area contributed by atoms with Gasteiger partial charge in [0.1, 0.15) is 18.2 Å². The zero-order valence-electron chi connectivity index (χ0n) is 26.6. The lowest BCUT2D eigenvalue weighted by molar-refractivity contribution is -0.151. The van der Waals surface area contributed by atoms with Crippen molar-refractivity contribution in [3.8, 4) is 0 Å². The van der Waals surface area contributed by atoms with Crippen LogP contribution in [0, 0.1) is 17.3 Å². The van der Waals surface area contributed by atoms with Crippen molar-refractivity contribution in [1.82, 2.24) is 10.6 Å². The molecule has 0 bridgehead atoms. The van der Waals surface area contributed by atoms with E-state index in [1.165, 1.54) is 13.3 Å². The summed E-state index contributed by atoms with van der Waals surface area (Å²) in [6, 6.07) is -0.784. The van der Waals surface area contributed by atoms with Crippen LogP contribution in [0.1, 0.15) is 74.1 Å². The molecule has 0 saturated carbocycles. The van der Waals surface area contributed by atoms with Gasteiger partial charge in [-0.1, -0.05) is 82.2 Å². The van der Waals surface area contributed by atoms with Crippen LogP contribution in [-0.4, -0.2) is 49.2 Å². The minimum absolute atomic E-state index is 0.00444. The van der Waals surface area contributed by atoms with E-state index in [-0.39, 0.29) is 41.9 Å². The summed E-state index contributed by atoms with van der Waals surface area (Å²) in [5.41, 5.74) is 5.57. The number of hydrogen-bond donors (Lipinski definition) is 3. The molecule has 0 aromatic heterocycles. The Hall–Kier alpha value is -3.53. The van der Waals surface area contributed by atoms with Crippen LogP contribution in [0.5, 0.6) is 0 Å². The number of hydrogen-bond acceptors (Lipinski definition) is 7. The van der Waals surface area contributed by atoms with Crippen molar-refractivity contribution < 1.29 is 33.4 Å². The fourth-order valence-corrected chi connectivity index (χ4v) is 4.37. The number of ether oxygens (including phenoxy) is 3. The van der Waals surface area contributed by atoms with Crippen molar-refractivity contribution in [3.05, 3.63) is 59.0 Å². The third-order valence-electron chi connectivity index (χ3n) is 6.64. The zero-order valence-corrected chi connectivity index (χ0v) is 27.3. The Kier molecular flexibility index (Phi) is 15.9. The first kappa shape index (κ1) is 37.5. The molecule has 3 amide bonds. The summed E-state index contributed by atoms with van der Waals surface area (Å²) >= 11 is 5.85. The maximum Gasteiger partial charge on any atom is 0.404 e. The van der Waals surface area contributed by atoms with E-state index < -0.39 is 29.6 Å². The molecule has 1 aliphatic rings. The molecular weight excluding hydrogens is 574 g/mol. The van der Waals surface area contributed by atoms with Gasteiger partial charge in [0, 0.05) is 36.6 Å². The first-order chi connectivity index (χ1) is 20.0. The molecule has 1 rings (SSSR count). The fourth-order valence-electron chi connectivity index (χ4n) is 4.28. The number of methoxy groups -OCH3 is 1. The number of carbonyl (C=O) groups excluding carboxylic acids is 4. The van der Waals surface area contributed by atoms with Crippen LogP contribution in [0.3, 0.4) is 0 Å². The van der Waals surface area contributed by atoms with Crippen molar-refractivity contribution in [2.45, 2.75) is 92.4 Å². The van der Waals surface area contributed by atoms with Gasteiger partial charge >= 0.3 is 12.1 Å². The minimum Gasteiger partial charge on any atom is -0.490 e.